The molecule has 0 heterocycles. The lowest BCUT2D eigenvalue weighted by Crippen LogP contribution is -2.16. The van der Waals surface area contributed by atoms with Crippen molar-refractivity contribution >= 4 is 10.4 Å². The number of aliphatic hydroxyl groups is 1. The van der Waals surface area contributed by atoms with E-state index in [0.29, 0.717) is 6.42 Å². The van der Waals surface area contributed by atoms with E-state index in [1.165, 1.54) is 0 Å². The molecule has 1 unspecified atom stereocenters. The Hall–Kier alpha value is -0.170. The van der Waals surface area contributed by atoms with Crippen LogP contribution in [0.2, 0.25) is 0 Å². The number of hydrogen-bond acceptors (Lipinski definition) is 4. The molecule has 0 rings (SSSR count). The van der Waals surface area contributed by atoms with Gasteiger partial charge in [-0.15, -0.1) is 0 Å². The predicted molar refractivity (Wildman–Crippen MR) is 33.5 cm³/mol. The number of hydrogen-bond donors (Lipinski definition) is 2. The van der Waals surface area contributed by atoms with Crippen molar-refractivity contribution in [3.8, 4) is 0 Å². The van der Waals surface area contributed by atoms with Gasteiger partial charge < -0.3 is 5.11 Å². The van der Waals surface area contributed by atoms with Crippen molar-refractivity contribution in [1.82, 2.24) is 0 Å². The Kier molecular flexibility index (Phi) is 3.80. The van der Waals surface area contributed by atoms with Crippen molar-refractivity contribution < 1.29 is 22.3 Å². The summed E-state index contributed by atoms with van der Waals surface area (Å²) in [6.45, 7) is 1.75. The Labute approximate surface area is 59.6 Å². The van der Waals surface area contributed by atoms with E-state index >= 15 is 0 Å². The summed E-state index contributed by atoms with van der Waals surface area (Å²) in [5, 5.41) is 8.62. The molecule has 0 aromatic heterocycles. The zero-order chi connectivity index (χ0) is 8.20. The smallest absolute Gasteiger partial charge is 0.367 e. The van der Waals surface area contributed by atoms with Crippen LogP contribution in [0.15, 0.2) is 0 Å². The Morgan fingerprint density at radius 2 is 2.10 bits per heavy atom. The lowest BCUT2D eigenvalue weighted by molar-refractivity contribution is -0.0254. The molecule has 0 aliphatic heterocycles. The zero-order valence-corrected chi connectivity index (χ0v) is 6.34. The van der Waals surface area contributed by atoms with E-state index < -0.39 is 16.7 Å². The van der Waals surface area contributed by atoms with E-state index in [9.17, 15) is 8.42 Å². The Balaban J connectivity index is 3.69. The molecule has 0 saturated heterocycles. The van der Waals surface area contributed by atoms with Crippen LogP contribution in [0.4, 0.5) is 0 Å². The average Bonchev–Trinajstić information content (AvgIpc) is 1.59. The van der Waals surface area contributed by atoms with Crippen molar-refractivity contribution in [1.29, 1.82) is 0 Å². The van der Waals surface area contributed by atoms with Gasteiger partial charge >= 0.3 is 10.4 Å². The van der Waals surface area contributed by atoms with Gasteiger partial charge in [0.2, 0.25) is 0 Å². The highest BCUT2D eigenvalue weighted by molar-refractivity contribution is 7.80. The van der Waals surface area contributed by atoms with E-state index in [1.807, 2.05) is 0 Å². The zero-order valence-electron chi connectivity index (χ0n) is 5.52. The summed E-state index contributed by atoms with van der Waals surface area (Å²) in [5.74, 6) is 0. The topological polar surface area (TPSA) is 83.8 Å². The average molecular weight is 170 g/mol. The molecule has 0 bridgehead atoms. The molecule has 0 fully saturated rings. The van der Waals surface area contributed by atoms with Gasteiger partial charge in [0.05, 0.1) is 0 Å². The van der Waals surface area contributed by atoms with E-state index in [-0.39, 0.29) is 6.42 Å². The highest BCUT2D eigenvalue weighted by atomic mass is 32.3. The third kappa shape index (κ3) is 5.96. The van der Waals surface area contributed by atoms with Gasteiger partial charge in [-0.3, -0.25) is 4.55 Å². The second-order valence-electron chi connectivity index (χ2n) is 1.77. The maximum absolute atomic E-state index is 9.89. The van der Waals surface area contributed by atoms with E-state index in [1.54, 1.807) is 6.92 Å². The van der Waals surface area contributed by atoms with Crippen LogP contribution in [0.1, 0.15) is 19.8 Å². The molecule has 5 nitrogen and oxygen atoms in total. The van der Waals surface area contributed by atoms with Gasteiger partial charge in [-0.05, 0) is 6.42 Å². The van der Waals surface area contributed by atoms with Crippen LogP contribution in [0.25, 0.3) is 0 Å². The van der Waals surface area contributed by atoms with E-state index in [2.05, 4.69) is 4.18 Å². The minimum Gasteiger partial charge on any atom is -0.367 e. The Morgan fingerprint density at radius 1 is 1.60 bits per heavy atom. The van der Waals surface area contributed by atoms with Crippen molar-refractivity contribution in [2.75, 3.05) is 0 Å². The molecule has 0 aromatic carbocycles. The maximum atomic E-state index is 9.89. The predicted octanol–water partition coefficient (Wildman–Crippen LogP) is -0.0757. The van der Waals surface area contributed by atoms with Crippen molar-refractivity contribution in [2.45, 2.75) is 26.1 Å². The Morgan fingerprint density at radius 3 is 2.40 bits per heavy atom. The minimum atomic E-state index is -4.50. The monoisotopic (exact) mass is 170 g/mol. The van der Waals surface area contributed by atoms with Gasteiger partial charge in [0.25, 0.3) is 0 Å². The van der Waals surface area contributed by atoms with Crippen LogP contribution in [0.5, 0.6) is 0 Å². The summed E-state index contributed by atoms with van der Waals surface area (Å²) in [7, 11) is -4.50. The quantitative estimate of drug-likeness (QED) is 0.455. The van der Waals surface area contributed by atoms with Gasteiger partial charge in [0.15, 0.2) is 6.29 Å². The highest BCUT2D eigenvalue weighted by Crippen LogP contribution is 2.00. The first-order valence-electron chi connectivity index (χ1n) is 2.79. The fourth-order valence-corrected chi connectivity index (χ4v) is 0.812. The first-order valence-corrected chi connectivity index (χ1v) is 4.16. The Bertz CT molecular complexity index is 172. The molecular weight excluding hydrogens is 160 g/mol. The normalized spacial score (nSPS) is 15.1. The lowest BCUT2D eigenvalue weighted by Gasteiger charge is -2.05. The van der Waals surface area contributed by atoms with E-state index in [0.717, 1.165) is 0 Å². The van der Waals surface area contributed by atoms with Gasteiger partial charge in [0.1, 0.15) is 0 Å². The second-order valence-corrected chi connectivity index (χ2v) is 2.82. The molecule has 6 heteroatoms. The molecule has 0 aliphatic carbocycles. The fourth-order valence-electron chi connectivity index (χ4n) is 0.435. The molecule has 10 heavy (non-hydrogen) atoms. The van der Waals surface area contributed by atoms with Crippen LogP contribution in [0, 0.1) is 0 Å². The summed E-state index contributed by atoms with van der Waals surface area (Å²) in [6, 6.07) is 0. The summed E-state index contributed by atoms with van der Waals surface area (Å²) >= 11 is 0. The third-order valence-corrected chi connectivity index (χ3v) is 1.23. The lowest BCUT2D eigenvalue weighted by atomic mass is 10.3. The molecule has 0 amide bonds. The second kappa shape index (κ2) is 3.87. The molecular formula is C4H10O5S. The van der Waals surface area contributed by atoms with Crippen molar-refractivity contribution in [3.63, 3.8) is 0 Å². The summed E-state index contributed by atoms with van der Waals surface area (Å²) in [5.41, 5.74) is 0. The first kappa shape index (κ1) is 9.83. The van der Waals surface area contributed by atoms with Gasteiger partial charge in [-0.25, -0.2) is 4.18 Å². The standard InChI is InChI=1S/C4H10O5S/c1-2-3-4(5)9-10(6,7)8/h4-5H,2-3H2,1H3,(H,6,7,8). The minimum absolute atomic E-state index is 0.180. The van der Waals surface area contributed by atoms with Crippen LogP contribution in [-0.2, 0) is 14.6 Å². The first-order chi connectivity index (χ1) is 4.45. The summed E-state index contributed by atoms with van der Waals surface area (Å²) in [6.07, 6.45) is -0.670. The summed E-state index contributed by atoms with van der Waals surface area (Å²) < 4.78 is 31.5. The van der Waals surface area contributed by atoms with Gasteiger partial charge in [-0.1, -0.05) is 13.3 Å². The molecule has 0 aliphatic rings. The molecule has 0 aromatic rings. The SMILES string of the molecule is CCCC(O)OS(=O)(=O)O. The van der Waals surface area contributed by atoms with Crippen LogP contribution in [-0.4, -0.2) is 24.4 Å². The molecule has 1 atom stereocenters. The third-order valence-electron chi connectivity index (χ3n) is 0.768. The van der Waals surface area contributed by atoms with Crippen LogP contribution in [0.3, 0.4) is 0 Å². The molecule has 0 radical (unpaired) electrons. The largest absolute Gasteiger partial charge is 0.399 e. The molecule has 2 N–H and O–H groups in total. The van der Waals surface area contributed by atoms with Crippen LogP contribution >= 0.6 is 0 Å². The fraction of sp³-hybridized carbons (Fsp3) is 1.00. The summed E-state index contributed by atoms with van der Waals surface area (Å²) in [4.78, 5) is 0. The maximum Gasteiger partial charge on any atom is 0.399 e. The number of rotatable bonds is 4. The number of aliphatic hydroxyl groups excluding tert-OH is 1. The molecule has 0 saturated carbocycles. The van der Waals surface area contributed by atoms with Gasteiger partial charge in [0, 0.05) is 0 Å². The molecule has 62 valence electrons. The van der Waals surface area contributed by atoms with Crippen molar-refractivity contribution in [2.24, 2.45) is 0 Å². The molecule has 0 spiro atoms. The van der Waals surface area contributed by atoms with Gasteiger partial charge in [-0.2, -0.15) is 8.42 Å². The van der Waals surface area contributed by atoms with Crippen molar-refractivity contribution in [3.05, 3.63) is 0 Å². The van der Waals surface area contributed by atoms with Crippen LogP contribution < -0.4 is 0 Å². The van der Waals surface area contributed by atoms with E-state index in [4.69, 9.17) is 9.66 Å². The highest BCUT2D eigenvalue weighted by Gasteiger charge is 2.11.